The topological polar surface area (TPSA) is 443 Å². The quantitative estimate of drug-likeness (QED) is 0.0218. The third kappa shape index (κ3) is 31.5. The maximum atomic E-state index is 11.2. The molecule has 0 bridgehead atoms. The molecule has 23 nitrogen and oxygen atoms in total. The Labute approximate surface area is 525 Å². The summed E-state index contributed by atoms with van der Waals surface area (Å²) < 4.78 is 11.6. The summed E-state index contributed by atoms with van der Waals surface area (Å²) in [7, 11) is 0. The Balaban J connectivity index is 1.83. The van der Waals surface area contributed by atoms with E-state index in [0.717, 1.165) is 12.8 Å². The van der Waals surface area contributed by atoms with Crippen LogP contribution in [-0.4, -0.2) is 261 Å². The number of hydrogen-bond acceptors (Lipinski definition) is 23. The molecule has 0 aliphatic carbocycles. The molecule has 2 fully saturated rings. The lowest BCUT2D eigenvalue weighted by Gasteiger charge is -2.42. The lowest BCUT2D eigenvalue weighted by Crippen LogP contribution is -2.59. The van der Waals surface area contributed by atoms with Crippen LogP contribution in [0.25, 0.3) is 0 Å². The van der Waals surface area contributed by atoms with E-state index in [4.69, 9.17) is 14.6 Å². The number of allylic oxidation sites excluding steroid dienone is 9. The molecule has 2 aliphatic rings. The minimum atomic E-state index is -1.83. The first kappa shape index (κ1) is 81.8. The monoisotopic (exact) mass is 1270 g/mol. The lowest BCUT2D eigenvalue weighted by atomic mass is 9.85. The number of hydrogen-bond donors (Lipinski definition) is 21. The van der Waals surface area contributed by atoms with Gasteiger partial charge in [0.1, 0.15) is 61.0 Å². The number of aliphatic hydroxyl groups excluding tert-OH is 21. The number of aliphatic hydroxyl groups is 21. The van der Waals surface area contributed by atoms with Crippen molar-refractivity contribution in [1.29, 1.82) is 0 Å². The van der Waals surface area contributed by atoms with Crippen LogP contribution in [-0.2, 0) is 9.47 Å². The summed E-state index contributed by atoms with van der Waals surface area (Å²) in [6.07, 6.45) is -4.24. The van der Waals surface area contributed by atoms with Crippen LogP contribution in [0.5, 0.6) is 0 Å². The maximum absolute atomic E-state index is 11.2. The van der Waals surface area contributed by atoms with Crippen molar-refractivity contribution in [3.05, 3.63) is 109 Å². The van der Waals surface area contributed by atoms with Crippen molar-refractivity contribution in [3.8, 4) is 0 Å². The molecule has 23 heteroatoms. The van der Waals surface area contributed by atoms with Crippen LogP contribution >= 0.6 is 0 Å². The van der Waals surface area contributed by atoms with Crippen molar-refractivity contribution < 1.29 is 117 Å². The van der Waals surface area contributed by atoms with Crippen LogP contribution in [0.3, 0.4) is 0 Å². The molecule has 25 atom stereocenters. The molecular weight excluding hydrogens is 1160 g/mol. The highest BCUT2D eigenvalue weighted by Gasteiger charge is 2.47. The minimum Gasteiger partial charge on any atom is -0.396 e. The molecule has 0 aromatic heterocycles. The first-order valence-electron chi connectivity index (χ1n) is 31.6. The second kappa shape index (κ2) is 45.1. The average molecular weight is 1270 g/mol. The second-order valence-corrected chi connectivity index (χ2v) is 24.3. The Morgan fingerprint density at radius 1 is 0.528 bits per heavy atom. The maximum Gasteiger partial charge on any atom is 0.115 e. The minimum absolute atomic E-state index is 0.00225. The molecule has 0 amide bonds. The smallest absolute Gasteiger partial charge is 0.115 e. The summed E-state index contributed by atoms with van der Waals surface area (Å²) in [5, 5.41) is 223. The highest BCUT2D eigenvalue weighted by Crippen LogP contribution is 2.32. The van der Waals surface area contributed by atoms with Gasteiger partial charge in [-0.05, 0) is 121 Å². The van der Waals surface area contributed by atoms with Crippen LogP contribution in [0.2, 0.25) is 0 Å². The summed E-state index contributed by atoms with van der Waals surface area (Å²) >= 11 is 0. The van der Waals surface area contributed by atoms with Gasteiger partial charge in [-0.2, -0.15) is 0 Å². The van der Waals surface area contributed by atoms with Gasteiger partial charge in [0.25, 0.3) is 0 Å². The van der Waals surface area contributed by atoms with Crippen molar-refractivity contribution in [2.24, 2.45) is 11.8 Å². The van der Waals surface area contributed by atoms with E-state index in [0.29, 0.717) is 37.7 Å². The molecule has 2 rings (SSSR count). The fourth-order valence-electron chi connectivity index (χ4n) is 10.7. The van der Waals surface area contributed by atoms with Crippen LogP contribution in [0, 0.1) is 11.8 Å². The predicted octanol–water partition coefficient (Wildman–Crippen LogP) is 0.0528. The van der Waals surface area contributed by atoms with Crippen LogP contribution < -0.4 is 0 Å². The van der Waals surface area contributed by atoms with Gasteiger partial charge < -0.3 is 117 Å². The standard InChI is InChI=1S/C66H112O23/c1-5-6-7-8-9-10-11-12-13-14-15-16-26-50(75)60(83)65-63(86)55(80)37-57(89-65)64(87)59(82)41(3)28-32-49(74)56-36-54(79)62(85)66(88-56)61(84)52(77)33-40(2)27-30-47(72)35-53(78)58(81)42(4)34-51(76)43(38-67)29-31-46(71)24-18-22-44(69)20-17-21-45(70)23-19-25-48(73)39-68/h5,8-13,16-17,19-20,23,26,33,42-87H,1,3,6-7,14-15,18,21-22,24-25,27-32,34-39H2,2,4H3/b9-8+,11-10+,13-12+,20-17+,23-19+,26-16+,40-33+. The van der Waals surface area contributed by atoms with Gasteiger partial charge in [0.2, 0.25) is 0 Å². The van der Waals surface area contributed by atoms with E-state index < -0.39 is 159 Å². The van der Waals surface area contributed by atoms with E-state index in [9.17, 15) is 102 Å². The van der Waals surface area contributed by atoms with Gasteiger partial charge in [-0.1, -0.05) is 104 Å². The second-order valence-electron chi connectivity index (χ2n) is 24.3. The van der Waals surface area contributed by atoms with Gasteiger partial charge in [-0.15, -0.1) is 6.58 Å². The molecule has 2 aliphatic heterocycles. The molecule has 0 spiro atoms. The molecular formula is C66H112O23. The highest BCUT2D eigenvalue weighted by atomic mass is 16.6. The molecule has 514 valence electrons. The fraction of sp³-hybridized carbons (Fsp3) is 0.727. The van der Waals surface area contributed by atoms with Gasteiger partial charge in [0, 0.05) is 31.8 Å². The molecule has 0 aromatic carbocycles. The van der Waals surface area contributed by atoms with Crippen molar-refractivity contribution in [2.45, 2.75) is 276 Å². The SMILES string of the molecule is C=CCC/C=C/C=C/C=C/CC/C=C/C(O)C(O)C1OC(C(O)C(O)C(=C)CCC(O)C2CC(O)C(O)C(C(O)C(O)/C=C(\C)CCC(O)CC(O)C(O)C(C)CC(O)C(CO)CCC(O)CCCC(O)/C=C/CC(O)/C=C/CC(O)CO)O2)CC(O)C1O. The molecule has 21 N–H and O–H groups in total. The van der Waals surface area contributed by atoms with Crippen LogP contribution in [0.4, 0.5) is 0 Å². The van der Waals surface area contributed by atoms with Crippen molar-refractivity contribution in [1.82, 2.24) is 0 Å². The zero-order chi connectivity index (χ0) is 66.8. The molecule has 89 heavy (non-hydrogen) atoms. The summed E-state index contributed by atoms with van der Waals surface area (Å²) in [5.41, 5.74) is 0.470. The molecule has 25 unspecified atom stereocenters. The summed E-state index contributed by atoms with van der Waals surface area (Å²) in [6, 6.07) is 0. The van der Waals surface area contributed by atoms with Gasteiger partial charge in [-0.25, -0.2) is 0 Å². The lowest BCUT2D eigenvalue weighted by molar-refractivity contribution is -0.234. The number of rotatable bonds is 46. The molecule has 0 aromatic rings. The number of unbranched alkanes of at least 4 members (excludes halogenated alkanes) is 2. The van der Waals surface area contributed by atoms with E-state index >= 15 is 0 Å². The predicted molar refractivity (Wildman–Crippen MR) is 334 cm³/mol. The Morgan fingerprint density at radius 2 is 1.10 bits per heavy atom. The summed E-state index contributed by atoms with van der Waals surface area (Å²) in [5.74, 6) is -1.33. The van der Waals surface area contributed by atoms with Gasteiger partial charge in [0.15, 0.2) is 0 Å². The Morgan fingerprint density at radius 3 is 1.72 bits per heavy atom. The molecule has 2 saturated heterocycles. The van der Waals surface area contributed by atoms with Crippen molar-refractivity contribution >= 4 is 0 Å². The normalized spacial score (nSPS) is 27.5. The van der Waals surface area contributed by atoms with Gasteiger partial charge in [-0.3, -0.25) is 0 Å². The van der Waals surface area contributed by atoms with E-state index in [2.05, 4.69) is 13.2 Å². The Bertz CT molecular complexity index is 2120. The summed E-state index contributed by atoms with van der Waals surface area (Å²) in [6.45, 7) is 9.91. The van der Waals surface area contributed by atoms with Crippen LogP contribution in [0.1, 0.15) is 136 Å². The molecule has 0 radical (unpaired) electrons. The van der Waals surface area contributed by atoms with E-state index in [1.807, 2.05) is 42.5 Å². The van der Waals surface area contributed by atoms with E-state index in [1.54, 1.807) is 38.2 Å². The third-order valence-electron chi connectivity index (χ3n) is 16.6. The largest absolute Gasteiger partial charge is 0.396 e. The Hall–Kier alpha value is -3.26. The third-order valence-corrected chi connectivity index (χ3v) is 16.6. The Kier molecular flexibility index (Phi) is 41.5. The van der Waals surface area contributed by atoms with Crippen molar-refractivity contribution in [3.63, 3.8) is 0 Å². The zero-order valence-corrected chi connectivity index (χ0v) is 52.0. The zero-order valence-electron chi connectivity index (χ0n) is 52.0. The average Bonchev–Trinajstić information content (AvgIpc) is 2.10. The van der Waals surface area contributed by atoms with E-state index in [-0.39, 0.29) is 89.2 Å². The number of ether oxygens (including phenoxy) is 2. The van der Waals surface area contributed by atoms with Crippen molar-refractivity contribution in [2.75, 3.05) is 13.2 Å². The first-order chi connectivity index (χ1) is 42.2. The summed E-state index contributed by atoms with van der Waals surface area (Å²) in [4.78, 5) is 0. The fourth-order valence-corrected chi connectivity index (χ4v) is 10.7. The molecule has 0 saturated carbocycles. The highest BCUT2D eigenvalue weighted by molar-refractivity contribution is 5.13. The first-order valence-corrected chi connectivity index (χ1v) is 31.6. The van der Waals surface area contributed by atoms with Gasteiger partial charge >= 0.3 is 0 Å². The van der Waals surface area contributed by atoms with Gasteiger partial charge in [0.05, 0.1) is 86.0 Å². The van der Waals surface area contributed by atoms with Crippen LogP contribution in [0.15, 0.2) is 109 Å². The van der Waals surface area contributed by atoms with E-state index in [1.165, 1.54) is 18.2 Å². The molecule has 2 heterocycles.